The first-order valence-corrected chi connectivity index (χ1v) is 9.55. The van der Waals surface area contributed by atoms with Gasteiger partial charge in [-0.25, -0.2) is 13.1 Å². The van der Waals surface area contributed by atoms with Crippen LogP contribution in [0.25, 0.3) is 0 Å². The van der Waals surface area contributed by atoms with Crippen LogP contribution in [0.2, 0.25) is 0 Å². The fourth-order valence-electron chi connectivity index (χ4n) is 2.40. The Hall–Kier alpha value is -1.15. The Morgan fingerprint density at radius 2 is 1.91 bits per heavy atom. The van der Waals surface area contributed by atoms with Gasteiger partial charge in [-0.2, -0.15) is 0 Å². The quantitative estimate of drug-likeness (QED) is 0.775. The molecule has 0 spiro atoms. The van der Waals surface area contributed by atoms with Crippen LogP contribution < -0.4 is 9.46 Å². The van der Waals surface area contributed by atoms with E-state index in [-0.39, 0.29) is 10.9 Å². The molecule has 0 radical (unpaired) electrons. The van der Waals surface area contributed by atoms with Crippen molar-refractivity contribution in [1.29, 1.82) is 0 Å². The number of sulfonamides is 1. The van der Waals surface area contributed by atoms with Crippen LogP contribution in [0, 0.1) is 0 Å². The predicted molar refractivity (Wildman–Crippen MR) is 89.3 cm³/mol. The van der Waals surface area contributed by atoms with Crippen LogP contribution in [0.3, 0.4) is 0 Å². The predicted octanol–water partition coefficient (Wildman–Crippen LogP) is 1.47. The van der Waals surface area contributed by atoms with Crippen LogP contribution in [-0.4, -0.2) is 58.8 Å². The molecule has 1 atom stereocenters. The first kappa shape index (κ1) is 18.2. The summed E-state index contributed by atoms with van der Waals surface area (Å²) < 4.78 is 38.2. The molecule has 130 valence electrons. The van der Waals surface area contributed by atoms with Crippen molar-refractivity contribution < 1.29 is 17.9 Å². The summed E-state index contributed by atoms with van der Waals surface area (Å²) in [6.07, 6.45) is 0.918. The standard InChI is InChI=1S/C16H26N2O4S/c1-3-10-22-15-4-6-16(7-5-15)23(19,20)17-13-14(2)18-8-11-21-12-9-18/h4-7,14,17H,3,8-13H2,1-2H3/t14-/m0/s1. The molecule has 6 nitrogen and oxygen atoms in total. The summed E-state index contributed by atoms with van der Waals surface area (Å²) in [6, 6.07) is 6.67. The van der Waals surface area contributed by atoms with E-state index in [0.717, 1.165) is 19.5 Å². The van der Waals surface area contributed by atoms with Gasteiger partial charge in [-0.15, -0.1) is 0 Å². The summed E-state index contributed by atoms with van der Waals surface area (Å²) in [5.74, 6) is 0.687. The zero-order valence-corrected chi connectivity index (χ0v) is 14.6. The molecule has 1 N–H and O–H groups in total. The number of ether oxygens (including phenoxy) is 2. The molecule has 1 saturated heterocycles. The second-order valence-electron chi connectivity index (χ2n) is 5.67. The molecule has 7 heteroatoms. The molecule has 0 bridgehead atoms. The van der Waals surface area contributed by atoms with E-state index in [9.17, 15) is 8.42 Å². The van der Waals surface area contributed by atoms with Crippen molar-refractivity contribution in [2.75, 3.05) is 39.5 Å². The number of hydrogen-bond donors (Lipinski definition) is 1. The van der Waals surface area contributed by atoms with Gasteiger partial charge in [-0.1, -0.05) is 6.92 Å². The number of nitrogens with zero attached hydrogens (tertiary/aromatic N) is 1. The van der Waals surface area contributed by atoms with Gasteiger partial charge in [-0.05, 0) is 37.6 Å². The molecule has 1 heterocycles. The molecule has 1 aromatic carbocycles. The highest BCUT2D eigenvalue weighted by Gasteiger charge is 2.20. The van der Waals surface area contributed by atoms with Gasteiger partial charge in [0.05, 0.1) is 24.7 Å². The molecule has 2 rings (SSSR count). The lowest BCUT2D eigenvalue weighted by Crippen LogP contribution is -2.47. The molecule has 0 unspecified atom stereocenters. The molecular formula is C16H26N2O4S. The summed E-state index contributed by atoms with van der Waals surface area (Å²) >= 11 is 0. The van der Waals surface area contributed by atoms with E-state index in [1.807, 2.05) is 13.8 Å². The summed E-state index contributed by atoms with van der Waals surface area (Å²) in [6.45, 7) is 8.15. The highest BCUT2D eigenvalue weighted by atomic mass is 32.2. The zero-order chi connectivity index (χ0) is 16.7. The molecule has 0 saturated carbocycles. The number of morpholine rings is 1. The summed E-state index contributed by atoms with van der Waals surface area (Å²) in [5.41, 5.74) is 0. The fourth-order valence-corrected chi connectivity index (χ4v) is 3.52. The van der Waals surface area contributed by atoms with Crippen molar-refractivity contribution in [2.24, 2.45) is 0 Å². The van der Waals surface area contributed by atoms with E-state index < -0.39 is 10.0 Å². The van der Waals surface area contributed by atoms with Gasteiger partial charge < -0.3 is 9.47 Å². The molecule has 0 amide bonds. The summed E-state index contributed by atoms with van der Waals surface area (Å²) in [5, 5.41) is 0. The lowest BCUT2D eigenvalue weighted by Gasteiger charge is -2.32. The molecule has 1 aliphatic heterocycles. The minimum Gasteiger partial charge on any atom is -0.494 e. The first-order valence-electron chi connectivity index (χ1n) is 8.07. The largest absolute Gasteiger partial charge is 0.494 e. The maximum atomic E-state index is 12.3. The lowest BCUT2D eigenvalue weighted by atomic mass is 10.2. The van der Waals surface area contributed by atoms with Gasteiger partial charge in [-0.3, -0.25) is 4.90 Å². The summed E-state index contributed by atoms with van der Waals surface area (Å²) in [4.78, 5) is 2.49. The van der Waals surface area contributed by atoms with Gasteiger partial charge in [0.15, 0.2) is 0 Å². The van der Waals surface area contributed by atoms with Gasteiger partial charge in [0, 0.05) is 25.7 Å². The lowest BCUT2D eigenvalue weighted by molar-refractivity contribution is 0.0213. The molecule has 1 aliphatic rings. The van der Waals surface area contributed by atoms with E-state index in [1.165, 1.54) is 0 Å². The second kappa shape index (κ2) is 8.63. The second-order valence-corrected chi connectivity index (χ2v) is 7.44. The molecule has 0 aromatic heterocycles. The average Bonchev–Trinajstić information content (AvgIpc) is 2.59. The third-order valence-corrected chi connectivity index (χ3v) is 5.28. The number of hydrogen-bond acceptors (Lipinski definition) is 5. The zero-order valence-electron chi connectivity index (χ0n) is 13.8. The van der Waals surface area contributed by atoms with Crippen LogP contribution in [0.5, 0.6) is 5.75 Å². The monoisotopic (exact) mass is 342 g/mol. The van der Waals surface area contributed by atoms with Crippen LogP contribution in [0.4, 0.5) is 0 Å². The van der Waals surface area contributed by atoms with Gasteiger partial charge in [0.2, 0.25) is 10.0 Å². The molecule has 1 fully saturated rings. The minimum atomic E-state index is -3.49. The van der Waals surface area contributed by atoms with Gasteiger partial charge >= 0.3 is 0 Å². The average molecular weight is 342 g/mol. The Morgan fingerprint density at radius 1 is 1.26 bits per heavy atom. The number of benzene rings is 1. The molecule has 1 aromatic rings. The third-order valence-electron chi connectivity index (χ3n) is 3.84. The van der Waals surface area contributed by atoms with Crippen LogP contribution in [0.15, 0.2) is 29.2 Å². The van der Waals surface area contributed by atoms with E-state index in [1.54, 1.807) is 24.3 Å². The van der Waals surface area contributed by atoms with E-state index >= 15 is 0 Å². The van der Waals surface area contributed by atoms with Crippen molar-refractivity contribution in [1.82, 2.24) is 9.62 Å². The molecule has 23 heavy (non-hydrogen) atoms. The Labute approximate surface area is 138 Å². The topological polar surface area (TPSA) is 67.9 Å². The third kappa shape index (κ3) is 5.46. The number of nitrogens with one attached hydrogen (secondary N) is 1. The summed E-state index contributed by atoms with van der Waals surface area (Å²) in [7, 11) is -3.49. The highest BCUT2D eigenvalue weighted by Crippen LogP contribution is 2.16. The van der Waals surface area contributed by atoms with Crippen molar-refractivity contribution in [3.63, 3.8) is 0 Å². The fraction of sp³-hybridized carbons (Fsp3) is 0.625. The SMILES string of the molecule is CCCOc1ccc(S(=O)(=O)NC[C@H](C)N2CCOCC2)cc1. The Morgan fingerprint density at radius 3 is 2.52 bits per heavy atom. The normalized spacial score (nSPS) is 17.8. The van der Waals surface area contributed by atoms with Gasteiger partial charge in [0.1, 0.15) is 5.75 Å². The van der Waals surface area contributed by atoms with E-state index in [0.29, 0.717) is 32.1 Å². The Kier molecular flexibility index (Phi) is 6.83. The first-order chi connectivity index (χ1) is 11.0. The minimum absolute atomic E-state index is 0.140. The molecule has 0 aliphatic carbocycles. The van der Waals surface area contributed by atoms with Gasteiger partial charge in [0.25, 0.3) is 0 Å². The van der Waals surface area contributed by atoms with Crippen molar-refractivity contribution >= 4 is 10.0 Å². The highest BCUT2D eigenvalue weighted by molar-refractivity contribution is 7.89. The van der Waals surface area contributed by atoms with Crippen molar-refractivity contribution in [3.8, 4) is 5.75 Å². The number of rotatable bonds is 8. The maximum Gasteiger partial charge on any atom is 0.240 e. The van der Waals surface area contributed by atoms with Crippen LogP contribution in [0.1, 0.15) is 20.3 Å². The maximum absolute atomic E-state index is 12.3. The van der Waals surface area contributed by atoms with Crippen molar-refractivity contribution in [3.05, 3.63) is 24.3 Å². The van der Waals surface area contributed by atoms with E-state index in [2.05, 4.69) is 9.62 Å². The van der Waals surface area contributed by atoms with Crippen LogP contribution >= 0.6 is 0 Å². The van der Waals surface area contributed by atoms with Crippen molar-refractivity contribution in [2.45, 2.75) is 31.2 Å². The Bertz CT molecular complexity index is 568. The Balaban J connectivity index is 1.90. The van der Waals surface area contributed by atoms with Crippen LogP contribution in [-0.2, 0) is 14.8 Å². The van der Waals surface area contributed by atoms with E-state index in [4.69, 9.17) is 9.47 Å². The molecular weight excluding hydrogens is 316 g/mol. The smallest absolute Gasteiger partial charge is 0.240 e.